The number of hydrogen-bond donors (Lipinski definition) is 1. The molecular formula is C29H34N2OS3. The predicted octanol–water partition coefficient (Wildman–Crippen LogP) is 6.61. The highest BCUT2D eigenvalue weighted by molar-refractivity contribution is 7.59. The Balaban J connectivity index is 0.00000144. The topological polar surface area (TPSA) is 26.7 Å². The van der Waals surface area contributed by atoms with E-state index in [-0.39, 0.29) is 27.0 Å². The number of rotatable bonds is 5. The van der Waals surface area contributed by atoms with Crippen LogP contribution in [0.5, 0.6) is 0 Å². The van der Waals surface area contributed by atoms with Crippen LogP contribution in [0.4, 0.5) is 5.69 Å². The van der Waals surface area contributed by atoms with E-state index in [1.54, 1.807) is 11.3 Å². The fraction of sp³-hybridized carbons (Fsp3) is 0.310. The fourth-order valence-corrected chi connectivity index (χ4v) is 6.60. The maximum atomic E-state index is 11.0. The van der Waals surface area contributed by atoms with Crippen molar-refractivity contribution in [3.8, 4) is 0 Å². The van der Waals surface area contributed by atoms with E-state index in [9.17, 15) is 5.11 Å². The molecule has 184 valence electrons. The van der Waals surface area contributed by atoms with Crippen LogP contribution in [0.3, 0.4) is 0 Å². The summed E-state index contributed by atoms with van der Waals surface area (Å²) in [4.78, 5) is 5.25. The first kappa shape index (κ1) is 26.1. The molecule has 4 heterocycles. The fourth-order valence-electron chi connectivity index (χ4n) is 5.59. The summed E-state index contributed by atoms with van der Waals surface area (Å²) in [6.45, 7) is 3.04. The Morgan fingerprint density at radius 3 is 2.46 bits per heavy atom. The summed E-state index contributed by atoms with van der Waals surface area (Å²) in [6, 6.07) is 24.9. The van der Waals surface area contributed by atoms with Crippen LogP contribution in [-0.2, 0) is 0 Å². The lowest BCUT2D eigenvalue weighted by Crippen LogP contribution is -2.59. The number of aliphatic hydroxyl groups excluding tert-OH is 1. The third-order valence-corrected chi connectivity index (χ3v) is 8.40. The summed E-state index contributed by atoms with van der Waals surface area (Å²) in [5.74, 6) is 0. The average Bonchev–Trinajstić information content (AvgIpc) is 3.27. The summed E-state index contributed by atoms with van der Waals surface area (Å²) in [6.07, 6.45) is 7.27. The molecule has 1 N–H and O–H groups in total. The Labute approximate surface area is 226 Å². The van der Waals surface area contributed by atoms with Crippen molar-refractivity contribution in [3.63, 3.8) is 0 Å². The summed E-state index contributed by atoms with van der Waals surface area (Å²) in [5.41, 5.74) is 2.42. The zero-order valence-electron chi connectivity index (χ0n) is 19.8. The third kappa shape index (κ3) is 5.27. The molecule has 3 aromatic carbocycles. The highest BCUT2D eigenvalue weighted by Crippen LogP contribution is 2.34. The van der Waals surface area contributed by atoms with Gasteiger partial charge < -0.3 is 10.0 Å². The van der Waals surface area contributed by atoms with Gasteiger partial charge >= 0.3 is 0 Å². The molecule has 3 aliphatic rings. The molecule has 35 heavy (non-hydrogen) atoms. The van der Waals surface area contributed by atoms with Crippen molar-refractivity contribution in [1.82, 2.24) is 4.90 Å². The van der Waals surface area contributed by atoms with E-state index in [0.717, 1.165) is 44.5 Å². The zero-order chi connectivity index (χ0) is 22.2. The van der Waals surface area contributed by atoms with Gasteiger partial charge in [0.1, 0.15) is 0 Å². The zero-order valence-corrected chi connectivity index (χ0v) is 22.6. The number of thiophene rings is 1. The van der Waals surface area contributed by atoms with Gasteiger partial charge in [-0.05, 0) is 64.6 Å². The van der Waals surface area contributed by atoms with Gasteiger partial charge in [0.2, 0.25) is 0 Å². The van der Waals surface area contributed by atoms with E-state index < -0.39 is 6.10 Å². The molecule has 6 heteroatoms. The monoisotopic (exact) mass is 522 g/mol. The van der Waals surface area contributed by atoms with Gasteiger partial charge in [0.15, 0.2) is 0 Å². The summed E-state index contributed by atoms with van der Waals surface area (Å²) < 4.78 is 1.26. The van der Waals surface area contributed by atoms with Crippen molar-refractivity contribution in [1.29, 1.82) is 0 Å². The Hall–Kier alpha value is -1.96. The van der Waals surface area contributed by atoms with Gasteiger partial charge in [-0.3, -0.25) is 4.90 Å². The molecule has 0 saturated carbocycles. The summed E-state index contributed by atoms with van der Waals surface area (Å²) in [7, 11) is 0. The minimum absolute atomic E-state index is 0. The smallest absolute Gasteiger partial charge is 0.0816 e. The molecule has 0 amide bonds. The van der Waals surface area contributed by atoms with E-state index >= 15 is 0 Å². The van der Waals surface area contributed by atoms with Crippen molar-refractivity contribution >= 4 is 64.9 Å². The van der Waals surface area contributed by atoms with Crippen LogP contribution in [0.25, 0.3) is 20.9 Å². The molecule has 7 rings (SSSR count). The number of piperazine rings is 1. The molecule has 1 fully saturated rings. The number of nitrogens with zero attached hydrogens (tertiary/aromatic N) is 2. The number of aliphatic hydroxyl groups is 1. The molecule has 0 aliphatic carbocycles. The van der Waals surface area contributed by atoms with Crippen LogP contribution in [0.15, 0.2) is 84.3 Å². The molecule has 4 aromatic rings. The third-order valence-electron chi connectivity index (χ3n) is 7.42. The number of hydrogen-bond acceptors (Lipinski definition) is 4. The van der Waals surface area contributed by atoms with E-state index in [4.69, 9.17) is 0 Å². The van der Waals surface area contributed by atoms with Crippen LogP contribution in [0.2, 0.25) is 0 Å². The van der Waals surface area contributed by atoms with Gasteiger partial charge in [-0.15, -0.1) is 11.3 Å². The quantitative estimate of drug-likeness (QED) is 0.299. The van der Waals surface area contributed by atoms with Gasteiger partial charge in [0, 0.05) is 42.1 Å². The molecule has 3 atom stereocenters. The first-order chi connectivity index (χ1) is 16.3. The van der Waals surface area contributed by atoms with Crippen molar-refractivity contribution in [2.75, 3.05) is 24.5 Å². The Morgan fingerprint density at radius 2 is 1.60 bits per heavy atom. The van der Waals surface area contributed by atoms with Crippen LogP contribution in [-0.4, -0.2) is 41.7 Å². The number of fused-ring (bicyclic) bond motifs is 6. The SMILES string of the molecule is OC(CCN1C[C@@H]2C/C=C\C[C@H]1CN2c1ccc2ccccc2c1)c1csc2ccccc12.S.S. The predicted molar refractivity (Wildman–Crippen MR) is 161 cm³/mol. The maximum absolute atomic E-state index is 11.0. The largest absolute Gasteiger partial charge is 0.388 e. The molecular weight excluding hydrogens is 489 g/mol. The van der Waals surface area contributed by atoms with Gasteiger partial charge in [0.25, 0.3) is 0 Å². The molecule has 0 spiro atoms. The summed E-state index contributed by atoms with van der Waals surface area (Å²) in [5, 5.41) is 17.0. The van der Waals surface area contributed by atoms with Crippen LogP contribution in [0, 0.1) is 0 Å². The van der Waals surface area contributed by atoms with E-state index in [2.05, 4.69) is 94.1 Å². The van der Waals surface area contributed by atoms with Gasteiger partial charge in [-0.2, -0.15) is 27.0 Å². The van der Waals surface area contributed by atoms with Crippen LogP contribution >= 0.6 is 38.3 Å². The highest BCUT2D eigenvalue weighted by Gasteiger charge is 2.34. The van der Waals surface area contributed by atoms with Crippen molar-refractivity contribution < 1.29 is 5.11 Å². The van der Waals surface area contributed by atoms with Crippen molar-refractivity contribution in [2.45, 2.75) is 37.5 Å². The molecule has 1 unspecified atom stereocenters. The first-order valence-corrected chi connectivity index (χ1v) is 12.9. The normalized spacial score (nSPS) is 21.7. The second kappa shape index (κ2) is 11.4. The molecule has 1 aromatic heterocycles. The average molecular weight is 523 g/mol. The Kier molecular flexibility index (Phi) is 8.50. The molecule has 3 aliphatic heterocycles. The van der Waals surface area contributed by atoms with E-state index in [1.807, 2.05) is 0 Å². The van der Waals surface area contributed by atoms with Gasteiger partial charge in [-0.25, -0.2) is 0 Å². The number of benzene rings is 3. The number of anilines is 1. The standard InChI is InChI=1S/C29H30N2OS.2H2S/c32-28(27-20-33-29-12-6-5-11-26(27)29)15-16-30-18-25-10-4-3-9-24(30)19-31(25)23-14-13-21-7-1-2-8-22(21)17-23;;/h1-8,11-14,17,20,24-25,28,32H,9-10,15-16,18-19H2;2*1H2/b4-3-;;/t24-,25-,28?;;/m0../s1. The van der Waals surface area contributed by atoms with Gasteiger partial charge in [-0.1, -0.05) is 60.7 Å². The lowest BCUT2D eigenvalue weighted by Gasteiger charge is -2.48. The van der Waals surface area contributed by atoms with Gasteiger partial charge in [0.05, 0.1) is 6.10 Å². The van der Waals surface area contributed by atoms with Crippen molar-refractivity contribution in [2.24, 2.45) is 0 Å². The summed E-state index contributed by atoms with van der Waals surface area (Å²) >= 11 is 1.73. The molecule has 2 bridgehead atoms. The molecule has 1 saturated heterocycles. The van der Waals surface area contributed by atoms with E-state index in [0.29, 0.717) is 12.1 Å². The Morgan fingerprint density at radius 1 is 0.857 bits per heavy atom. The lowest BCUT2D eigenvalue weighted by molar-refractivity contribution is 0.104. The molecule has 0 radical (unpaired) electrons. The Bertz CT molecular complexity index is 1300. The van der Waals surface area contributed by atoms with Crippen LogP contribution < -0.4 is 4.90 Å². The van der Waals surface area contributed by atoms with Crippen LogP contribution in [0.1, 0.15) is 30.9 Å². The lowest BCUT2D eigenvalue weighted by atomic mass is 9.95. The molecule has 3 nitrogen and oxygen atoms in total. The maximum Gasteiger partial charge on any atom is 0.0816 e. The second-order valence-electron chi connectivity index (χ2n) is 9.42. The first-order valence-electron chi connectivity index (χ1n) is 12.0. The second-order valence-corrected chi connectivity index (χ2v) is 10.3. The minimum atomic E-state index is -0.405. The highest BCUT2D eigenvalue weighted by atomic mass is 32.1. The minimum Gasteiger partial charge on any atom is -0.388 e. The van der Waals surface area contributed by atoms with E-state index in [1.165, 1.54) is 26.5 Å². The van der Waals surface area contributed by atoms with Crippen molar-refractivity contribution in [3.05, 3.63) is 89.8 Å².